The van der Waals surface area contributed by atoms with Gasteiger partial charge in [-0.2, -0.15) is 0 Å². The van der Waals surface area contributed by atoms with Crippen molar-refractivity contribution in [3.05, 3.63) is 60.2 Å². The number of benzene rings is 2. The van der Waals surface area contributed by atoms with E-state index in [1.165, 1.54) is 0 Å². The maximum absolute atomic E-state index is 7.30. The maximum atomic E-state index is 7.30. The number of rotatable bonds is 7. The quantitative estimate of drug-likeness (QED) is 0.462. The minimum absolute atomic E-state index is 0.0628. The van der Waals surface area contributed by atoms with E-state index in [4.69, 9.17) is 20.6 Å². The van der Waals surface area contributed by atoms with E-state index in [0.717, 1.165) is 17.9 Å². The zero-order chi connectivity index (χ0) is 14.2. The van der Waals surface area contributed by atoms with Crippen molar-refractivity contribution in [1.29, 1.82) is 5.41 Å². The fourth-order valence-corrected chi connectivity index (χ4v) is 1.69. The van der Waals surface area contributed by atoms with Gasteiger partial charge in [0.25, 0.3) is 0 Å². The Labute approximate surface area is 118 Å². The van der Waals surface area contributed by atoms with Crippen LogP contribution in [-0.4, -0.2) is 19.0 Å². The van der Waals surface area contributed by atoms with Crippen LogP contribution in [0.5, 0.6) is 11.5 Å². The summed E-state index contributed by atoms with van der Waals surface area (Å²) >= 11 is 0. The van der Waals surface area contributed by atoms with Crippen molar-refractivity contribution in [3.8, 4) is 11.5 Å². The molecule has 3 N–H and O–H groups in total. The number of nitrogen functional groups attached to an aromatic ring is 1. The summed E-state index contributed by atoms with van der Waals surface area (Å²) in [7, 11) is 0. The molecule has 0 amide bonds. The van der Waals surface area contributed by atoms with E-state index in [-0.39, 0.29) is 5.84 Å². The van der Waals surface area contributed by atoms with E-state index in [0.29, 0.717) is 18.8 Å². The van der Waals surface area contributed by atoms with Gasteiger partial charge in [0.15, 0.2) is 0 Å². The third-order valence-electron chi connectivity index (χ3n) is 2.73. The third-order valence-corrected chi connectivity index (χ3v) is 2.73. The van der Waals surface area contributed by atoms with Gasteiger partial charge < -0.3 is 15.2 Å². The molecule has 0 aromatic heterocycles. The predicted octanol–water partition coefficient (Wildman–Crippen LogP) is 2.82. The Bertz CT molecular complexity index is 538. The van der Waals surface area contributed by atoms with Crippen LogP contribution in [0.15, 0.2) is 54.6 Å². The fourth-order valence-electron chi connectivity index (χ4n) is 1.69. The van der Waals surface area contributed by atoms with Crippen molar-refractivity contribution in [2.24, 2.45) is 5.73 Å². The van der Waals surface area contributed by atoms with E-state index in [9.17, 15) is 0 Å². The molecule has 20 heavy (non-hydrogen) atoms. The van der Waals surface area contributed by atoms with Crippen molar-refractivity contribution in [1.82, 2.24) is 0 Å². The molecule has 2 aromatic carbocycles. The Morgan fingerprint density at radius 2 is 1.40 bits per heavy atom. The maximum Gasteiger partial charge on any atom is 0.122 e. The van der Waals surface area contributed by atoms with Crippen LogP contribution in [-0.2, 0) is 0 Å². The van der Waals surface area contributed by atoms with E-state index >= 15 is 0 Å². The first-order valence-electron chi connectivity index (χ1n) is 6.51. The molecule has 0 saturated heterocycles. The van der Waals surface area contributed by atoms with Crippen molar-refractivity contribution >= 4 is 5.84 Å². The molecule has 0 radical (unpaired) electrons. The van der Waals surface area contributed by atoms with Gasteiger partial charge in [0.2, 0.25) is 0 Å². The molecule has 0 bridgehead atoms. The van der Waals surface area contributed by atoms with Crippen LogP contribution in [0, 0.1) is 5.41 Å². The van der Waals surface area contributed by atoms with Crippen molar-refractivity contribution < 1.29 is 9.47 Å². The Morgan fingerprint density at radius 3 is 1.95 bits per heavy atom. The molecule has 2 aromatic rings. The van der Waals surface area contributed by atoms with Gasteiger partial charge in [-0.05, 0) is 36.4 Å². The largest absolute Gasteiger partial charge is 0.493 e. The first kappa shape index (κ1) is 13.9. The van der Waals surface area contributed by atoms with Crippen LogP contribution in [0.4, 0.5) is 0 Å². The SMILES string of the molecule is N=C(N)c1ccc(OCCCOc2ccccc2)cc1. The number of hydrogen-bond acceptors (Lipinski definition) is 3. The van der Waals surface area contributed by atoms with Gasteiger partial charge in [-0.25, -0.2) is 0 Å². The van der Waals surface area contributed by atoms with Crippen LogP contribution in [0.2, 0.25) is 0 Å². The molecule has 0 aliphatic heterocycles. The molecule has 0 atom stereocenters. The van der Waals surface area contributed by atoms with Gasteiger partial charge in [0.1, 0.15) is 17.3 Å². The molecular formula is C16H18N2O2. The average Bonchev–Trinajstić information content (AvgIpc) is 2.48. The standard InChI is InChI=1S/C16H18N2O2/c17-16(18)13-7-9-15(10-8-13)20-12-4-11-19-14-5-2-1-3-6-14/h1-3,5-10H,4,11-12H2,(H3,17,18). The molecule has 0 saturated carbocycles. The van der Waals surface area contributed by atoms with Crippen molar-refractivity contribution in [2.75, 3.05) is 13.2 Å². The highest BCUT2D eigenvalue weighted by Crippen LogP contribution is 2.12. The Balaban J connectivity index is 1.67. The summed E-state index contributed by atoms with van der Waals surface area (Å²) in [5.74, 6) is 1.71. The van der Waals surface area contributed by atoms with Crippen molar-refractivity contribution in [2.45, 2.75) is 6.42 Å². The number of para-hydroxylation sites is 1. The lowest BCUT2D eigenvalue weighted by Crippen LogP contribution is -2.10. The Hall–Kier alpha value is -2.49. The van der Waals surface area contributed by atoms with Gasteiger partial charge in [-0.1, -0.05) is 18.2 Å². The zero-order valence-corrected chi connectivity index (χ0v) is 11.2. The van der Waals surface area contributed by atoms with Crippen LogP contribution in [0.25, 0.3) is 0 Å². The molecular weight excluding hydrogens is 252 g/mol. The summed E-state index contributed by atoms with van der Waals surface area (Å²) in [5.41, 5.74) is 6.08. The van der Waals surface area contributed by atoms with Gasteiger partial charge in [-0.3, -0.25) is 5.41 Å². The second kappa shape index (κ2) is 7.19. The summed E-state index contributed by atoms with van der Waals surface area (Å²) in [6.07, 6.45) is 0.809. The Kier molecular flexibility index (Phi) is 5.00. The van der Waals surface area contributed by atoms with E-state index < -0.39 is 0 Å². The Morgan fingerprint density at radius 1 is 0.850 bits per heavy atom. The summed E-state index contributed by atoms with van der Waals surface area (Å²) in [5, 5.41) is 7.30. The van der Waals surface area contributed by atoms with Crippen LogP contribution in [0.3, 0.4) is 0 Å². The van der Waals surface area contributed by atoms with Gasteiger partial charge in [0.05, 0.1) is 13.2 Å². The van der Waals surface area contributed by atoms with E-state index in [1.807, 2.05) is 42.5 Å². The minimum atomic E-state index is 0.0628. The number of hydrogen-bond donors (Lipinski definition) is 2. The highest BCUT2D eigenvalue weighted by atomic mass is 16.5. The molecule has 0 aliphatic carbocycles. The van der Waals surface area contributed by atoms with Crippen LogP contribution < -0.4 is 15.2 Å². The van der Waals surface area contributed by atoms with Gasteiger partial charge in [0, 0.05) is 12.0 Å². The predicted molar refractivity (Wildman–Crippen MR) is 79.5 cm³/mol. The van der Waals surface area contributed by atoms with Gasteiger partial charge in [-0.15, -0.1) is 0 Å². The lowest BCUT2D eigenvalue weighted by atomic mass is 10.2. The molecule has 0 unspecified atom stereocenters. The minimum Gasteiger partial charge on any atom is -0.493 e. The first-order chi connectivity index (χ1) is 9.75. The smallest absolute Gasteiger partial charge is 0.122 e. The lowest BCUT2D eigenvalue weighted by molar-refractivity contribution is 0.247. The van der Waals surface area contributed by atoms with E-state index in [2.05, 4.69) is 0 Å². The monoisotopic (exact) mass is 270 g/mol. The average molecular weight is 270 g/mol. The summed E-state index contributed by atoms with van der Waals surface area (Å²) in [6, 6.07) is 16.9. The summed E-state index contributed by atoms with van der Waals surface area (Å²) < 4.78 is 11.2. The molecule has 104 valence electrons. The molecule has 0 aliphatic rings. The summed E-state index contributed by atoms with van der Waals surface area (Å²) in [4.78, 5) is 0. The highest BCUT2D eigenvalue weighted by Gasteiger charge is 1.98. The molecule has 4 nitrogen and oxygen atoms in total. The molecule has 4 heteroatoms. The lowest BCUT2D eigenvalue weighted by Gasteiger charge is -2.08. The number of amidine groups is 1. The van der Waals surface area contributed by atoms with E-state index in [1.54, 1.807) is 12.1 Å². The van der Waals surface area contributed by atoms with Gasteiger partial charge >= 0.3 is 0 Å². The summed E-state index contributed by atoms with van der Waals surface area (Å²) in [6.45, 7) is 1.21. The molecule has 0 heterocycles. The van der Waals surface area contributed by atoms with Crippen LogP contribution >= 0.6 is 0 Å². The third kappa shape index (κ3) is 4.31. The first-order valence-corrected chi connectivity index (χ1v) is 6.51. The van der Waals surface area contributed by atoms with Crippen molar-refractivity contribution in [3.63, 3.8) is 0 Å². The number of nitrogens with one attached hydrogen (secondary N) is 1. The fraction of sp³-hybridized carbons (Fsp3) is 0.188. The number of ether oxygens (including phenoxy) is 2. The second-order valence-corrected chi connectivity index (χ2v) is 4.30. The van der Waals surface area contributed by atoms with Crippen LogP contribution in [0.1, 0.15) is 12.0 Å². The second-order valence-electron chi connectivity index (χ2n) is 4.30. The highest BCUT2D eigenvalue weighted by molar-refractivity contribution is 5.94. The molecule has 0 spiro atoms. The normalized spacial score (nSPS) is 10.0. The topological polar surface area (TPSA) is 68.3 Å². The number of nitrogens with two attached hydrogens (primary N) is 1. The zero-order valence-electron chi connectivity index (χ0n) is 11.2. The molecule has 0 fully saturated rings. The molecule has 2 rings (SSSR count).